The fourth-order valence-corrected chi connectivity index (χ4v) is 1.94. The van der Waals surface area contributed by atoms with Crippen LogP contribution in [0.25, 0.3) is 0 Å². The maximum atomic E-state index is 12.3. The lowest BCUT2D eigenvalue weighted by Crippen LogP contribution is -2.34. The van der Waals surface area contributed by atoms with Crippen LogP contribution >= 0.6 is 0 Å². The van der Waals surface area contributed by atoms with Crippen molar-refractivity contribution in [2.45, 2.75) is 26.8 Å². The van der Waals surface area contributed by atoms with E-state index in [9.17, 15) is 4.79 Å². The molecule has 0 aliphatic rings. The highest BCUT2D eigenvalue weighted by Crippen LogP contribution is 2.18. The summed E-state index contributed by atoms with van der Waals surface area (Å²) in [6.07, 6.45) is 3.14. The van der Waals surface area contributed by atoms with Gasteiger partial charge in [0.25, 0.3) is 0 Å². The maximum absolute atomic E-state index is 12.3. The Kier molecular flexibility index (Phi) is 4.47. The molecule has 0 radical (unpaired) electrons. The molecule has 2 rings (SSSR count). The van der Waals surface area contributed by atoms with Crippen LogP contribution < -0.4 is 5.32 Å². The van der Waals surface area contributed by atoms with Crippen LogP contribution in [0.1, 0.15) is 30.0 Å². The third-order valence-electron chi connectivity index (χ3n) is 3.40. The molecule has 21 heavy (non-hydrogen) atoms. The van der Waals surface area contributed by atoms with Gasteiger partial charge in [0.1, 0.15) is 6.33 Å². The molecule has 0 aliphatic heterocycles. The zero-order valence-corrected chi connectivity index (χ0v) is 12.7. The normalized spacial score (nSPS) is 11.8. The Morgan fingerprint density at radius 3 is 2.67 bits per heavy atom. The second kappa shape index (κ2) is 6.30. The van der Waals surface area contributed by atoms with Gasteiger partial charge in [0.05, 0.1) is 23.1 Å². The molecule has 2 heterocycles. The molecule has 6 nitrogen and oxygen atoms in total. The Balaban J connectivity index is 2.09. The minimum absolute atomic E-state index is 0.147. The molecule has 0 saturated carbocycles. The zero-order chi connectivity index (χ0) is 15.4. The number of carbonyl (C=O) groups is 1. The summed E-state index contributed by atoms with van der Waals surface area (Å²) in [7, 11) is 1.74. The lowest BCUT2D eigenvalue weighted by atomic mass is 10.2. The number of aryl methyl sites for hydroxylation is 2. The van der Waals surface area contributed by atoms with Crippen molar-refractivity contribution in [3.8, 4) is 0 Å². The summed E-state index contributed by atoms with van der Waals surface area (Å²) in [5.41, 5.74) is 3.23. The van der Waals surface area contributed by atoms with Gasteiger partial charge in [-0.1, -0.05) is 0 Å². The van der Waals surface area contributed by atoms with Gasteiger partial charge < -0.3 is 10.2 Å². The minimum atomic E-state index is -0.199. The molecular formula is C15H19N5O. The van der Waals surface area contributed by atoms with Crippen molar-refractivity contribution in [2.75, 3.05) is 12.4 Å². The van der Waals surface area contributed by atoms with E-state index in [0.29, 0.717) is 5.69 Å². The first kappa shape index (κ1) is 14.9. The minimum Gasteiger partial charge on any atom is -0.319 e. The van der Waals surface area contributed by atoms with Crippen LogP contribution in [0.4, 0.5) is 10.5 Å². The van der Waals surface area contributed by atoms with Crippen molar-refractivity contribution in [3.63, 3.8) is 0 Å². The summed E-state index contributed by atoms with van der Waals surface area (Å²) in [6, 6.07) is 5.18. The predicted octanol–water partition coefficient (Wildman–Crippen LogP) is 2.71. The molecule has 0 bridgehead atoms. The van der Waals surface area contributed by atoms with E-state index >= 15 is 0 Å². The number of carbonyl (C=O) groups excluding carboxylic acids is 1. The molecule has 2 aromatic heterocycles. The van der Waals surface area contributed by atoms with E-state index in [1.54, 1.807) is 24.2 Å². The average Bonchev–Trinajstić information content (AvgIpc) is 2.49. The molecule has 1 N–H and O–H groups in total. The molecule has 6 heteroatoms. The second-order valence-corrected chi connectivity index (χ2v) is 4.94. The van der Waals surface area contributed by atoms with E-state index in [2.05, 4.69) is 20.3 Å². The Bertz CT molecular complexity index is 629. The molecule has 1 atom stereocenters. The van der Waals surface area contributed by atoms with Gasteiger partial charge >= 0.3 is 6.03 Å². The van der Waals surface area contributed by atoms with E-state index in [1.165, 1.54) is 6.33 Å². The molecule has 0 saturated heterocycles. The fraction of sp³-hybridized carbons (Fsp3) is 0.333. The molecule has 0 aliphatic carbocycles. The van der Waals surface area contributed by atoms with Crippen molar-refractivity contribution >= 4 is 11.7 Å². The number of amides is 2. The van der Waals surface area contributed by atoms with Crippen molar-refractivity contribution < 1.29 is 4.79 Å². The van der Waals surface area contributed by atoms with Crippen molar-refractivity contribution in [1.82, 2.24) is 19.9 Å². The van der Waals surface area contributed by atoms with Crippen LogP contribution in [0.3, 0.4) is 0 Å². The number of aromatic nitrogens is 3. The second-order valence-electron chi connectivity index (χ2n) is 4.94. The number of nitrogens with zero attached hydrogens (tertiary/aromatic N) is 4. The smallest absolute Gasteiger partial charge is 0.319 e. The molecule has 0 spiro atoms. The molecule has 2 amide bonds. The Labute approximate surface area is 124 Å². The molecular weight excluding hydrogens is 266 g/mol. The summed E-state index contributed by atoms with van der Waals surface area (Å²) >= 11 is 0. The largest absolute Gasteiger partial charge is 0.322 e. The highest BCUT2D eigenvalue weighted by atomic mass is 16.2. The first-order chi connectivity index (χ1) is 9.99. The summed E-state index contributed by atoms with van der Waals surface area (Å²) in [5.74, 6) is 0. The van der Waals surface area contributed by atoms with Gasteiger partial charge in [0.2, 0.25) is 0 Å². The van der Waals surface area contributed by atoms with Crippen LogP contribution in [0.5, 0.6) is 0 Å². The third-order valence-corrected chi connectivity index (χ3v) is 3.40. The standard InChI is InChI=1S/C15H19N5O/c1-10-5-6-13(11(2)18-10)19-15(21)20(4)12(3)14-7-8-16-9-17-14/h5-9,12H,1-4H3,(H,19,21)/t12-/m1/s1. The molecule has 2 aromatic rings. The highest BCUT2D eigenvalue weighted by molar-refractivity contribution is 5.89. The first-order valence-electron chi connectivity index (χ1n) is 6.73. The number of rotatable bonds is 3. The van der Waals surface area contributed by atoms with E-state index in [1.807, 2.05) is 32.9 Å². The third kappa shape index (κ3) is 3.53. The van der Waals surface area contributed by atoms with Gasteiger partial charge in [-0.15, -0.1) is 0 Å². The van der Waals surface area contributed by atoms with Crippen molar-refractivity contribution in [3.05, 3.63) is 47.8 Å². The quantitative estimate of drug-likeness (QED) is 0.941. The van der Waals surface area contributed by atoms with Gasteiger partial charge in [0, 0.05) is 18.9 Å². The topological polar surface area (TPSA) is 71.0 Å². The fourth-order valence-electron chi connectivity index (χ4n) is 1.94. The summed E-state index contributed by atoms with van der Waals surface area (Å²) < 4.78 is 0. The lowest BCUT2D eigenvalue weighted by Gasteiger charge is -2.25. The van der Waals surface area contributed by atoms with Gasteiger partial charge in [-0.3, -0.25) is 4.98 Å². The summed E-state index contributed by atoms with van der Waals surface area (Å²) in [6.45, 7) is 5.71. The molecule has 0 unspecified atom stereocenters. The number of hydrogen-bond donors (Lipinski definition) is 1. The Morgan fingerprint density at radius 2 is 2.05 bits per heavy atom. The van der Waals surface area contributed by atoms with E-state index in [4.69, 9.17) is 0 Å². The van der Waals surface area contributed by atoms with Crippen LogP contribution in [0, 0.1) is 13.8 Å². The predicted molar refractivity (Wildman–Crippen MR) is 80.9 cm³/mol. The first-order valence-corrected chi connectivity index (χ1v) is 6.73. The van der Waals surface area contributed by atoms with Gasteiger partial charge in [-0.25, -0.2) is 14.8 Å². The van der Waals surface area contributed by atoms with Gasteiger partial charge in [0.15, 0.2) is 0 Å². The summed E-state index contributed by atoms with van der Waals surface area (Å²) in [5, 5.41) is 2.87. The number of hydrogen-bond acceptors (Lipinski definition) is 4. The SMILES string of the molecule is Cc1ccc(NC(=O)N(C)[C@H](C)c2ccncn2)c(C)n1. The number of urea groups is 1. The Morgan fingerprint density at radius 1 is 1.29 bits per heavy atom. The number of anilines is 1. The van der Waals surface area contributed by atoms with Crippen LogP contribution in [-0.4, -0.2) is 32.9 Å². The highest BCUT2D eigenvalue weighted by Gasteiger charge is 2.19. The summed E-state index contributed by atoms with van der Waals surface area (Å²) in [4.78, 5) is 26.3. The molecule has 0 aromatic carbocycles. The van der Waals surface area contributed by atoms with Gasteiger partial charge in [-0.05, 0) is 39.0 Å². The maximum Gasteiger partial charge on any atom is 0.322 e. The number of pyridine rings is 1. The van der Waals surface area contributed by atoms with Crippen molar-refractivity contribution in [1.29, 1.82) is 0 Å². The van der Waals surface area contributed by atoms with Crippen molar-refractivity contribution in [2.24, 2.45) is 0 Å². The van der Waals surface area contributed by atoms with E-state index in [-0.39, 0.29) is 12.1 Å². The van der Waals surface area contributed by atoms with E-state index < -0.39 is 0 Å². The van der Waals surface area contributed by atoms with Gasteiger partial charge in [-0.2, -0.15) is 0 Å². The van der Waals surface area contributed by atoms with Crippen LogP contribution in [0.2, 0.25) is 0 Å². The Hall–Kier alpha value is -2.50. The lowest BCUT2D eigenvalue weighted by molar-refractivity contribution is 0.207. The van der Waals surface area contributed by atoms with E-state index in [0.717, 1.165) is 17.1 Å². The monoisotopic (exact) mass is 285 g/mol. The molecule has 0 fully saturated rings. The average molecular weight is 285 g/mol. The zero-order valence-electron chi connectivity index (χ0n) is 12.7. The van der Waals surface area contributed by atoms with Crippen LogP contribution in [-0.2, 0) is 0 Å². The molecule has 110 valence electrons. The van der Waals surface area contributed by atoms with Crippen LogP contribution in [0.15, 0.2) is 30.7 Å². The number of nitrogens with one attached hydrogen (secondary N) is 1.